The van der Waals surface area contributed by atoms with Gasteiger partial charge >= 0.3 is 0 Å². The van der Waals surface area contributed by atoms with Gasteiger partial charge in [-0.25, -0.2) is 15.0 Å². The summed E-state index contributed by atoms with van der Waals surface area (Å²) in [5.41, 5.74) is 14.1. The number of nitrogens with zero attached hydrogens (tertiary/aromatic N) is 6. The molecule has 7 nitrogen and oxygen atoms in total. The summed E-state index contributed by atoms with van der Waals surface area (Å²) in [7, 11) is 0. The molecule has 306 valence electrons. The summed E-state index contributed by atoms with van der Waals surface area (Å²) in [4.78, 5) is 15.6. The van der Waals surface area contributed by atoms with Gasteiger partial charge in [0.25, 0.3) is 0 Å². The SMILES string of the molecule is N#Cc1cccc(-c2ccc3c(c2)c2cc(-c4cccc(C#N)c4)ccc2n3-c2ccc(-c3ccc4c(c3)oc3ccccc34)cc2-c2nc(-c3ccccc3)nc(-c3ccccc3)n2)c1. The fraction of sp³-hybridized carbons (Fsp3) is 0. The van der Waals surface area contributed by atoms with Crippen molar-refractivity contribution in [3.63, 3.8) is 0 Å². The minimum atomic E-state index is 0.522. The minimum Gasteiger partial charge on any atom is -0.456 e. The van der Waals surface area contributed by atoms with E-state index >= 15 is 0 Å². The monoisotopic (exact) mass is 842 g/mol. The van der Waals surface area contributed by atoms with E-state index in [1.54, 1.807) is 0 Å². The lowest BCUT2D eigenvalue weighted by molar-refractivity contribution is 0.669. The van der Waals surface area contributed by atoms with Gasteiger partial charge in [-0.15, -0.1) is 0 Å². The zero-order valence-corrected chi connectivity index (χ0v) is 35.2. The first-order valence-electron chi connectivity index (χ1n) is 21.6. The van der Waals surface area contributed by atoms with E-state index in [1.165, 1.54) is 0 Å². The van der Waals surface area contributed by atoms with Crippen LogP contribution in [0.25, 0.3) is 117 Å². The highest BCUT2D eigenvalue weighted by atomic mass is 16.3. The Morgan fingerprint density at radius 2 is 0.818 bits per heavy atom. The number of benzene rings is 9. The molecule has 0 bridgehead atoms. The number of nitriles is 2. The topological polar surface area (TPSA) is 104 Å². The molecule has 0 aliphatic heterocycles. The number of para-hydroxylation sites is 1. The Hall–Kier alpha value is -9.43. The molecule has 9 aromatic carbocycles. The molecule has 3 heterocycles. The fourth-order valence-electron chi connectivity index (χ4n) is 9.10. The third-order valence-corrected chi connectivity index (χ3v) is 12.3. The minimum absolute atomic E-state index is 0.522. The van der Waals surface area contributed by atoms with E-state index < -0.39 is 0 Å². The summed E-state index contributed by atoms with van der Waals surface area (Å²) in [6, 6.07) is 74.0. The van der Waals surface area contributed by atoms with E-state index in [0.717, 1.165) is 99.5 Å². The standard InChI is InChI=1S/C59H34N6O/c60-35-37-11-9-17-41(29-37)43-22-26-52-49(31-43)50-32-44(42-18-10-12-38(30-42)36-61)23-27-53(50)65(52)54-28-24-45(46-21-25-48-47-19-7-8-20-55(47)66-56(48)34-46)33-51(54)59-63-57(39-13-3-1-4-14-39)62-58(64-59)40-15-5-2-6-16-40/h1-34H. The number of hydrogen-bond donors (Lipinski definition) is 0. The first-order valence-corrected chi connectivity index (χ1v) is 21.6. The fourth-order valence-corrected chi connectivity index (χ4v) is 9.10. The van der Waals surface area contributed by atoms with E-state index in [4.69, 9.17) is 19.4 Å². The number of fused-ring (bicyclic) bond motifs is 6. The molecular formula is C59H34N6O. The van der Waals surface area contributed by atoms with Gasteiger partial charge in [-0.05, 0) is 112 Å². The Balaban J connectivity index is 1.14. The van der Waals surface area contributed by atoms with Crippen LogP contribution in [0, 0.1) is 22.7 Å². The highest BCUT2D eigenvalue weighted by molar-refractivity contribution is 6.12. The van der Waals surface area contributed by atoms with Crippen LogP contribution in [0.3, 0.4) is 0 Å². The lowest BCUT2D eigenvalue weighted by atomic mass is 9.99. The van der Waals surface area contributed by atoms with Gasteiger partial charge in [-0.1, -0.05) is 127 Å². The third kappa shape index (κ3) is 6.64. The Bertz CT molecular complexity index is 3790. The molecule has 0 unspecified atom stereocenters. The molecule has 0 saturated carbocycles. The summed E-state index contributed by atoms with van der Waals surface area (Å²) < 4.78 is 8.68. The van der Waals surface area contributed by atoms with Crippen molar-refractivity contribution in [2.75, 3.05) is 0 Å². The maximum Gasteiger partial charge on any atom is 0.166 e. The second-order valence-corrected chi connectivity index (χ2v) is 16.3. The van der Waals surface area contributed by atoms with Crippen molar-refractivity contribution in [1.29, 1.82) is 10.5 Å². The molecule has 0 spiro atoms. The predicted molar refractivity (Wildman–Crippen MR) is 263 cm³/mol. The van der Waals surface area contributed by atoms with Crippen LogP contribution in [0.1, 0.15) is 11.1 Å². The van der Waals surface area contributed by atoms with Crippen molar-refractivity contribution >= 4 is 43.7 Å². The maximum absolute atomic E-state index is 9.79. The predicted octanol–water partition coefficient (Wildman–Crippen LogP) is 14.6. The smallest absolute Gasteiger partial charge is 0.166 e. The van der Waals surface area contributed by atoms with E-state index in [2.05, 4.69) is 95.6 Å². The third-order valence-electron chi connectivity index (χ3n) is 12.3. The highest BCUT2D eigenvalue weighted by Gasteiger charge is 2.22. The summed E-state index contributed by atoms with van der Waals surface area (Å²) in [6.07, 6.45) is 0. The zero-order valence-electron chi connectivity index (χ0n) is 35.2. The first kappa shape index (κ1) is 38.3. The van der Waals surface area contributed by atoms with Crippen LogP contribution in [-0.2, 0) is 0 Å². The lowest BCUT2D eigenvalue weighted by Crippen LogP contribution is -2.04. The lowest BCUT2D eigenvalue weighted by Gasteiger charge is -2.16. The summed E-state index contributed by atoms with van der Waals surface area (Å²) in [5, 5.41) is 23.8. The largest absolute Gasteiger partial charge is 0.456 e. The maximum atomic E-state index is 9.79. The van der Waals surface area contributed by atoms with Gasteiger partial charge in [-0.2, -0.15) is 10.5 Å². The average Bonchev–Trinajstić information content (AvgIpc) is 3.93. The van der Waals surface area contributed by atoms with Gasteiger partial charge < -0.3 is 8.98 Å². The highest BCUT2D eigenvalue weighted by Crippen LogP contribution is 2.42. The van der Waals surface area contributed by atoms with Gasteiger partial charge in [0.05, 0.1) is 40.0 Å². The quantitative estimate of drug-likeness (QED) is 0.158. The molecule has 7 heteroatoms. The number of furan rings is 1. The normalized spacial score (nSPS) is 11.3. The molecule has 0 saturated heterocycles. The van der Waals surface area contributed by atoms with Crippen molar-refractivity contribution < 1.29 is 4.42 Å². The van der Waals surface area contributed by atoms with Gasteiger partial charge in [-0.3, -0.25) is 0 Å². The number of hydrogen-bond acceptors (Lipinski definition) is 6. The van der Waals surface area contributed by atoms with Gasteiger partial charge in [0.15, 0.2) is 17.5 Å². The zero-order chi connectivity index (χ0) is 44.1. The average molecular weight is 843 g/mol. The molecule has 0 atom stereocenters. The van der Waals surface area contributed by atoms with E-state index in [0.29, 0.717) is 28.6 Å². The summed E-state index contributed by atoms with van der Waals surface area (Å²) in [5.74, 6) is 1.65. The van der Waals surface area contributed by atoms with Crippen LogP contribution < -0.4 is 0 Å². The van der Waals surface area contributed by atoms with Crippen molar-refractivity contribution in [2.45, 2.75) is 0 Å². The van der Waals surface area contributed by atoms with E-state index in [1.807, 2.05) is 127 Å². The van der Waals surface area contributed by atoms with Crippen LogP contribution >= 0.6 is 0 Å². The van der Waals surface area contributed by atoms with Crippen molar-refractivity contribution in [3.8, 4) is 85.4 Å². The molecule has 0 fully saturated rings. The molecule has 0 aliphatic rings. The Morgan fingerprint density at radius 3 is 1.42 bits per heavy atom. The number of aromatic nitrogens is 4. The Kier molecular flexibility index (Phi) is 9.12. The molecule has 0 aliphatic carbocycles. The van der Waals surface area contributed by atoms with Gasteiger partial charge in [0, 0.05) is 38.2 Å². The molecule has 0 radical (unpaired) electrons. The molecule has 12 aromatic rings. The van der Waals surface area contributed by atoms with Crippen LogP contribution in [0.2, 0.25) is 0 Å². The van der Waals surface area contributed by atoms with E-state index in [9.17, 15) is 10.5 Å². The number of rotatable bonds is 7. The summed E-state index contributed by atoms with van der Waals surface area (Å²) >= 11 is 0. The van der Waals surface area contributed by atoms with Crippen molar-refractivity contribution in [2.24, 2.45) is 0 Å². The Labute approximate surface area is 379 Å². The second kappa shape index (κ2) is 15.7. The molecular weight excluding hydrogens is 809 g/mol. The Morgan fingerprint density at radius 1 is 0.348 bits per heavy atom. The van der Waals surface area contributed by atoms with Gasteiger partial charge in [0.1, 0.15) is 11.2 Å². The summed E-state index contributed by atoms with van der Waals surface area (Å²) in [6.45, 7) is 0. The molecule has 3 aromatic heterocycles. The molecule has 66 heavy (non-hydrogen) atoms. The molecule has 12 rings (SSSR count). The first-order chi connectivity index (χ1) is 32.6. The van der Waals surface area contributed by atoms with Crippen LogP contribution in [0.5, 0.6) is 0 Å². The second-order valence-electron chi connectivity index (χ2n) is 16.3. The van der Waals surface area contributed by atoms with Gasteiger partial charge in [0.2, 0.25) is 0 Å². The van der Waals surface area contributed by atoms with Crippen LogP contribution in [0.4, 0.5) is 0 Å². The van der Waals surface area contributed by atoms with Crippen LogP contribution in [-0.4, -0.2) is 19.5 Å². The van der Waals surface area contributed by atoms with E-state index in [-0.39, 0.29) is 0 Å². The van der Waals surface area contributed by atoms with Crippen molar-refractivity contribution in [3.05, 3.63) is 217 Å². The van der Waals surface area contributed by atoms with Crippen LogP contribution in [0.15, 0.2) is 211 Å². The molecule has 0 N–H and O–H groups in total. The molecule has 0 amide bonds. The van der Waals surface area contributed by atoms with Crippen molar-refractivity contribution in [1.82, 2.24) is 19.5 Å².